The van der Waals surface area contributed by atoms with Crippen LogP contribution in [-0.2, 0) is 9.53 Å². The maximum atomic E-state index is 10.3. The van der Waals surface area contributed by atoms with Crippen molar-refractivity contribution in [3.63, 3.8) is 0 Å². The quantitative estimate of drug-likeness (QED) is 0.674. The zero-order valence-electron chi connectivity index (χ0n) is 8.36. The molecule has 0 radical (unpaired) electrons. The van der Waals surface area contributed by atoms with Crippen LogP contribution in [0.25, 0.3) is 0 Å². The van der Waals surface area contributed by atoms with Gasteiger partial charge in [0.15, 0.2) is 0 Å². The predicted molar refractivity (Wildman–Crippen MR) is 49.1 cm³/mol. The fourth-order valence-electron chi connectivity index (χ4n) is 1.03. The van der Waals surface area contributed by atoms with Crippen molar-refractivity contribution in [3.05, 3.63) is 36.1 Å². The van der Waals surface area contributed by atoms with Crippen LogP contribution in [-0.4, -0.2) is 18.2 Å². The second-order valence-corrected chi connectivity index (χ2v) is 2.62. The molecule has 1 N–H and O–H groups in total. The van der Waals surface area contributed by atoms with Crippen molar-refractivity contribution in [2.24, 2.45) is 5.89 Å². The molecule has 1 aliphatic carbocycles. The first-order chi connectivity index (χ1) is 6.56. The number of carboxylic acid groups (broad SMARTS) is 1. The summed E-state index contributed by atoms with van der Waals surface area (Å²) in [5.74, 6) is -1.37. The second-order valence-electron chi connectivity index (χ2n) is 2.62. The molecule has 0 amide bonds. The van der Waals surface area contributed by atoms with Gasteiger partial charge in [-0.2, -0.15) is 0 Å². The molecule has 0 fully saturated rings. The van der Waals surface area contributed by atoms with Crippen molar-refractivity contribution in [2.75, 3.05) is 7.11 Å². The summed E-state index contributed by atoms with van der Waals surface area (Å²) in [5, 5.41) is 8.44. The molecule has 0 saturated carbocycles. The summed E-state index contributed by atoms with van der Waals surface area (Å²) in [6.07, 6.45) is 7.79. The number of aliphatic carboxylic acids is 1. The lowest BCUT2D eigenvalue weighted by molar-refractivity contribution is -0.131. The van der Waals surface area contributed by atoms with E-state index in [1.807, 2.05) is 0 Å². The Morgan fingerprint density at radius 2 is 2.69 bits per heavy atom. The van der Waals surface area contributed by atoms with Gasteiger partial charge in [0, 0.05) is 19.8 Å². The Kier molecular flexibility index (Phi) is 2.81. The van der Waals surface area contributed by atoms with Crippen LogP contribution in [0.3, 0.4) is 0 Å². The molecule has 3 nitrogen and oxygen atoms in total. The van der Waals surface area contributed by atoms with Gasteiger partial charge in [0.25, 0.3) is 0 Å². The smallest absolute Gasteiger partial charge is 0.327 e. The topological polar surface area (TPSA) is 46.5 Å². The van der Waals surface area contributed by atoms with Gasteiger partial charge in [0.2, 0.25) is 0 Å². The van der Waals surface area contributed by atoms with Gasteiger partial charge >= 0.3 is 5.97 Å². The van der Waals surface area contributed by atoms with Gasteiger partial charge in [-0.1, -0.05) is 18.2 Å². The summed E-state index contributed by atoms with van der Waals surface area (Å²) in [6.45, 7) is 0. The Balaban J connectivity index is 2.74. The van der Waals surface area contributed by atoms with E-state index < -0.39 is 11.9 Å². The molecule has 0 bridgehead atoms. The number of carbonyl (C=O) groups is 1. The number of hydrogen-bond acceptors (Lipinski definition) is 2. The molecule has 0 aromatic rings. The lowest BCUT2D eigenvalue weighted by atomic mass is 9.99. The van der Waals surface area contributed by atoms with Crippen LogP contribution in [0.5, 0.6) is 0 Å². The van der Waals surface area contributed by atoms with Gasteiger partial charge in [-0.3, -0.25) is 0 Å². The first-order valence-corrected chi connectivity index (χ1v) is 3.90. The van der Waals surface area contributed by atoms with Crippen molar-refractivity contribution >= 4 is 5.97 Å². The fourth-order valence-corrected chi connectivity index (χ4v) is 1.03. The summed E-state index contributed by atoms with van der Waals surface area (Å²) in [5.41, 5.74) is 0. The largest absolute Gasteiger partial charge is 0.501 e. The van der Waals surface area contributed by atoms with Crippen LogP contribution < -0.4 is 0 Å². The van der Waals surface area contributed by atoms with Crippen molar-refractivity contribution in [1.29, 1.82) is 0 Å². The van der Waals surface area contributed by atoms with Crippen LogP contribution in [0.15, 0.2) is 36.1 Å². The monoisotopic (exact) mass is 181 g/mol. The van der Waals surface area contributed by atoms with Crippen molar-refractivity contribution < 1.29 is 16.0 Å². The number of carboxylic acids is 1. The second kappa shape index (κ2) is 4.50. The first kappa shape index (κ1) is 8.10. The normalized spacial score (nSPS) is 28.4. The van der Waals surface area contributed by atoms with Crippen molar-refractivity contribution in [1.82, 2.24) is 0 Å². The van der Waals surface area contributed by atoms with Crippen LogP contribution >= 0.6 is 0 Å². The third-order valence-corrected chi connectivity index (χ3v) is 1.67. The molecule has 0 aliphatic heterocycles. The molecule has 0 aromatic heterocycles. The minimum atomic E-state index is -1.04. The summed E-state index contributed by atoms with van der Waals surface area (Å²) in [6, 6.07) is 0. The number of hydrogen-bond donors (Lipinski definition) is 1. The molecule has 1 unspecified atom stereocenters. The minimum Gasteiger partial charge on any atom is -0.501 e. The highest BCUT2D eigenvalue weighted by Gasteiger charge is 2.08. The molecule has 0 aromatic carbocycles. The lowest BCUT2D eigenvalue weighted by Crippen LogP contribution is -2.01. The fraction of sp³-hybridized carbons (Fsp3) is 0.300. The Morgan fingerprint density at radius 3 is 3.31 bits per heavy atom. The molecule has 1 atom stereocenters. The molecule has 0 spiro atoms. The van der Waals surface area contributed by atoms with Gasteiger partial charge in [-0.15, -0.1) is 0 Å². The van der Waals surface area contributed by atoms with E-state index in [2.05, 4.69) is 0 Å². The Hall–Kier alpha value is -1.51. The van der Waals surface area contributed by atoms with Crippen molar-refractivity contribution in [2.45, 2.75) is 6.42 Å². The Morgan fingerprint density at radius 1 is 1.92 bits per heavy atom. The standard InChI is InChI=1S/C10H12O3/c1-13-9-4-2-3-8(7-9)5-6-10(11)12/h2-6,8H,7H2,1H3,(H,11,12)/i8D. The number of rotatable bonds is 3. The van der Waals surface area contributed by atoms with Gasteiger partial charge in [0.1, 0.15) is 0 Å². The zero-order chi connectivity index (χ0) is 10.6. The molecule has 0 heterocycles. The number of ether oxygens (including phenoxy) is 1. The summed E-state index contributed by atoms with van der Waals surface area (Å²) < 4.78 is 12.9. The molecular weight excluding hydrogens is 168 g/mol. The van der Waals surface area contributed by atoms with Crippen LogP contribution in [0.2, 0.25) is 0 Å². The molecule has 70 valence electrons. The van der Waals surface area contributed by atoms with Crippen LogP contribution in [0, 0.1) is 5.89 Å². The van der Waals surface area contributed by atoms with E-state index in [0.29, 0.717) is 12.2 Å². The average Bonchev–Trinajstić information content (AvgIpc) is 2.15. The number of allylic oxidation sites excluding steroid dienone is 5. The van der Waals surface area contributed by atoms with Gasteiger partial charge in [-0.05, 0) is 6.08 Å². The molecule has 13 heavy (non-hydrogen) atoms. The maximum absolute atomic E-state index is 10.3. The van der Waals surface area contributed by atoms with E-state index in [4.69, 9.17) is 11.2 Å². The zero-order valence-corrected chi connectivity index (χ0v) is 7.36. The summed E-state index contributed by atoms with van der Waals surface area (Å²) in [7, 11) is 1.53. The Labute approximate surface area is 78.4 Å². The third kappa shape index (κ3) is 3.15. The first-order valence-electron chi connectivity index (χ1n) is 4.40. The van der Waals surface area contributed by atoms with Gasteiger partial charge in [0.05, 0.1) is 12.9 Å². The van der Waals surface area contributed by atoms with E-state index in [0.717, 1.165) is 6.08 Å². The molecule has 1 rings (SSSR count). The summed E-state index contributed by atoms with van der Waals surface area (Å²) in [4.78, 5) is 10.3. The molecule has 0 saturated heterocycles. The molecule has 3 heteroatoms. The summed E-state index contributed by atoms with van der Waals surface area (Å²) >= 11 is 0. The Bertz CT molecular complexity index is 317. The SMILES string of the molecule is [2H]C1(C=CC(=O)O)C=CC=C(OC)C1. The highest BCUT2D eigenvalue weighted by atomic mass is 16.5. The molecular formula is C10H12O3. The van der Waals surface area contributed by atoms with E-state index in [1.165, 1.54) is 13.2 Å². The van der Waals surface area contributed by atoms with Gasteiger partial charge < -0.3 is 9.84 Å². The van der Waals surface area contributed by atoms with E-state index >= 15 is 0 Å². The average molecular weight is 181 g/mol. The van der Waals surface area contributed by atoms with Gasteiger partial charge in [-0.25, -0.2) is 4.79 Å². The highest BCUT2D eigenvalue weighted by Crippen LogP contribution is 2.19. The molecule has 1 aliphatic rings. The predicted octanol–water partition coefficient (Wildman–Crippen LogP) is 1.73. The van der Waals surface area contributed by atoms with E-state index in [1.54, 1.807) is 18.2 Å². The van der Waals surface area contributed by atoms with E-state index in [9.17, 15) is 4.79 Å². The third-order valence-electron chi connectivity index (χ3n) is 1.67. The highest BCUT2D eigenvalue weighted by molar-refractivity contribution is 5.79. The lowest BCUT2D eigenvalue weighted by Gasteiger charge is -2.13. The van der Waals surface area contributed by atoms with Crippen molar-refractivity contribution in [3.8, 4) is 0 Å². The van der Waals surface area contributed by atoms with Crippen LogP contribution in [0.4, 0.5) is 0 Å². The van der Waals surface area contributed by atoms with E-state index in [-0.39, 0.29) is 0 Å². The van der Waals surface area contributed by atoms with Crippen LogP contribution in [0.1, 0.15) is 7.79 Å². The number of methoxy groups -OCH3 is 1. The minimum absolute atomic E-state index is 0.365. The maximum Gasteiger partial charge on any atom is 0.327 e.